The van der Waals surface area contributed by atoms with Gasteiger partial charge in [-0.15, -0.1) is 0 Å². The predicted octanol–water partition coefficient (Wildman–Crippen LogP) is 4.25. The number of rotatable bonds is 30. The Morgan fingerprint density at radius 2 is 1.59 bits per heavy atom. The molecule has 3 amide bonds. The lowest BCUT2D eigenvalue weighted by molar-refractivity contribution is -0.141. The molecule has 1 fully saturated rings. The van der Waals surface area contributed by atoms with Crippen molar-refractivity contribution in [2.75, 3.05) is 55.4 Å². The van der Waals surface area contributed by atoms with Gasteiger partial charge in [-0.3, -0.25) is 38.2 Å². The van der Waals surface area contributed by atoms with E-state index in [0.29, 0.717) is 37.4 Å². The number of nitrogens with two attached hydrogens (primary N) is 1. The van der Waals surface area contributed by atoms with Gasteiger partial charge in [-0.05, 0) is 67.3 Å². The van der Waals surface area contributed by atoms with Crippen molar-refractivity contribution in [3.8, 4) is 34.3 Å². The molecule has 3 aliphatic rings. The predicted molar refractivity (Wildman–Crippen MR) is 311 cm³/mol. The van der Waals surface area contributed by atoms with E-state index in [1.165, 1.54) is 61.4 Å². The monoisotopic (exact) mass is 1380 g/mol. The highest BCUT2D eigenvalue weighted by molar-refractivity contribution is 8.77. The molecule has 1 aliphatic carbocycles. The van der Waals surface area contributed by atoms with Crippen LogP contribution in [0.15, 0.2) is 72.5 Å². The molecule has 0 spiro atoms. The van der Waals surface area contributed by atoms with Crippen LogP contribution >= 0.6 is 66.6 Å². The Morgan fingerprint density at radius 3 is 2.28 bits per heavy atom. The number of nitrogens with one attached hydrogen (secondary N) is 5. The number of ether oxygens (including phenoxy) is 3. The van der Waals surface area contributed by atoms with Crippen LogP contribution in [0.1, 0.15) is 65.1 Å². The van der Waals surface area contributed by atoms with E-state index in [1.54, 1.807) is 0 Å². The number of unbranched alkanes of at least 4 members (excludes halogenated alkanes) is 2. The van der Waals surface area contributed by atoms with Gasteiger partial charge in [-0.1, -0.05) is 61.9 Å². The first-order chi connectivity index (χ1) is 40.3. The van der Waals surface area contributed by atoms with E-state index in [9.17, 15) is 78.5 Å². The third kappa shape index (κ3) is 19.7. The average Bonchev–Trinajstić information content (AvgIpc) is 0.866. The summed E-state index contributed by atoms with van der Waals surface area (Å²) in [4.78, 5) is 101. The highest BCUT2D eigenvalue weighted by Crippen LogP contribution is 2.67. The van der Waals surface area contributed by atoms with Crippen molar-refractivity contribution in [1.29, 1.82) is 5.41 Å². The number of hydrogen-bond acceptors (Lipinski definition) is 25. The molecule has 0 saturated carbocycles. The molecular formula is C44H52N7O26P3S6. The standard InChI is InChI=1S/C44H52N7O26P3S6/c1-2-81-84-23-72-32-20-33(73-42(32)75-79(61,62)77-80(63,64)76-78(58,59)60)51-21-25(40(53)50-44(51)57)7-6-15-49-43(56)48-14-4-3-5-17-71-22-83-82-18-16-47-39(52)24-8-9-26(41(54)55)29(19-24)34-27-10-12-30(45)37(85(65,66)67)35(27)74-36-28(34)11-13-31(46)38(36)86(68,69)70/h8-13,19,21,32-33,42,45H,2-5,14-18,20,22-23,46H2,1H3,(H,47,52)(H,54,55)(H,61,62)(H,63,64)(H2,48,49,56)(H,50,53,57)(H2,58,59,60)(H,65,66,67)(H,68,69,70)/t32-,33-,42-/m1/s1. The van der Waals surface area contributed by atoms with E-state index in [1.807, 2.05) is 11.9 Å². The Balaban J connectivity index is 0.922. The number of carbonyl (C=O) groups is 3. The van der Waals surface area contributed by atoms with Crippen molar-refractivity contribution >= 4 is 121 Å². The van der Waals surface area contributed by atoms with Gasteiger partial charge in [0.05, 0.1) is 23.2 Å². The molecule has 1 aromatic heterocycles. The van der Waals surface area contributed by atoms with Crippen molar-refractivity contribution in [1.82, 2.24) is 25.5 Å². The van der Waals surface area contributed by atoms with E-state index < -0.39 is 129 Å². The zero-order chi connectivity index (χ0) is 63.4. The van der Waals surface area contributed by atoms with Gasteiger partial charge >= 0.3 is 41.2 Å². The van der Waals surface area contributed by atoms with Crippen LogP contribution in [0, 0.1) is 17.3 Å². The van der Waals surface area contributed by atoms with E-state index in [-0.39, 0.29) is 71.1 Å². The van der Waals surface area contributed by atoms with Gasteiger partial charge in [0.1, 0.15) is 29.8 Å². The van der Waals surface area contributed by atoms with Gasteiger partial charge in [0.15, 0.2) is 27.4 Å². The number of carboxylic acids is 1. The second-order valence-electron chi connectivity index (χ2n) is 17.3. The molecule has 470 valence electrons. The number of urea groups is 1. The number of aromatic nitrogens is 2. The molecule has 2 unspecified atom stereocenters. The summed E-state index contributed by atoms with van der Waals surface area (Å²) in [5.74, 6) is 3.43. The van der Waals surface area contributed by atoms with Gasteiger partial charge < -0.3 is 65.0 Å². The molecular weight excluding hydrogens is 1330 g/mol. The third-order valence-electron chi connectivity index (χ3n) is 11.3. The fraction of sp³-hybridized carbons (Fsp3) is 0.364. The quantitative estimate of drug-likeness (QED) is 0.00447. The minimum atomic E-state index is -5.89. The van der Waals surface area contributed by atoms with Crippen LogP contribution in [0.4, 0.5) is 10.5 Å². The zero-order valence-corrected chi connectivity index (χ0v) is 51.6. The number of fused-ring (bicyclic) bond motifs is 2. The minimum Gasteiger partial charge on any atom is -0.478 e. The molecule has 42 heteroatoms. The largest absolute Gasteiger partial charge is 0.490 e. The Bertz CT molecular complexity index is 3970. The first kappa shape index (κ1) is 70.0. The number of carboxylic acid groups (broad SMARTS) is 1. The van der Waals surface area contributed by atoms with Gasteiger partial charge in [0.2, 0.25) is 0 Å². The molecule has 0 radical (unpaired) electrons. The normalized spacial score (nSPS) is 16.9. The topological polar surface area (TPSA) is 522 Å². The van der Waals surface area contributed by atoms with Crippen molar-refractivity contribution in [2.24, 2.45) is 0 Å². The Labute approximate surface area is 502 Å². The second-order valence-corrected chi connectivity index (χ2v) is 29.6. The van der Waals surface area contributed by atoms with Crippen molar-refractivity contribution < 1.29 is 110 Å². The zero-order valence-electron chi connectivity index (χ0n) is 44.0. The van der Waals surface area contributed by atoms with Crippen molar-refractivity contribution in [2.45, 2.75) is 61.0 Å². The molecule has 3 heterocycles. The highest BCUT2D eigenvalue weighted by atomic mass is 33.1. The van der Waals surface area contributed by atoms with Crippen LogP contribution in [-0.4, -0.2) is 140 Å². The first-order valence-electron chi connectivity index (χ1n) is 24.3. The molecule has 6 rings (SSSR count). The number of amides is 3. The molecule has 2 aromatic carbocycles. The number of hydrogen-bond donors (Lipinski definition) is 13. The van der Waals surface area contributed by atoms with Crippen molar-refractivity contribution in [3.63, 3.8) is 0 Å². The lowest BCUT2D eigenvalue weighted by Gasteiger charge is -2.22. The summed E-state index contributed by atoms with van der Waals surface area (Å²) in [6, 6.07) is 7.32. The van der Waals surface area contributed by atoms with Crippen LogP contribution < -0.4 is 38.3 Å². The molecule has 1 saturated heterocycles. The summed E-state index contributed by atoms with van der Waals surface area (Å²) >= 11 is 0. The molecule has 86 heavy (non-hydrogen) atoms. The minimum absolute atomic E-state index is 0.0519. The third-order valence-corrected chi connectivity index (χ3v) is 21.2. The number of carbonyl (C=O) groups excluding carboxylic acids is 2. The van der Waals surface area contributed by atoms with E-state index in [2.05, 4.69) is 36.4 Å². The SMILES string of the molecule is CCSSCO[C@@H]1C[C@H](n2cc(C#CCNC(=O)NCCCCCOCSSCCNC(=O)c3ccc(C(=O)O)c(-c4c5ccc(=N)c(S(=O)(=O)O)c-5oc5c(S(=O)(=O)O)c(N)ccc45)c3)c(=O)[nH]c2=O)O[C@@H]1OP(=O)(O)OP(=O)(O)OP(=O)(O)O. The van der Waals surface area contributed by atoms with Crippen LogP contribution in [0.3, 0.4) is 0 Å². The van der Waals surface area contributed by atoms with Gasteiger partial charge in [-0.2, -0.15) is 25.5 Å². The molecule has 5 atom stereocenters. The number of aromatic amines is 1. The highest BCUT2D eigenvalue weighted by Gasteiger charge is 2.47. The van der Waals surface area contributed by atoms with Crippen LogP contribution in [0.25, 0.3) is 33.4 Å². The van der Waals surface area contributed by atoms with E-state index >= 15 is 0 Å². The van der Waals surface area contributed by atoms with Gasteiger partial charge in [0.25, 0.3) is 31.7 Å². The maximum absolute atomic E-state index is 13.4. The maximum atomic E-state index is 13.4. The second kappa shape index (κ2) is 30.4. The van der Waals surface area contributed by atoms with E-state index in [0.717, 1.165) is 35.0 Å². The summed E-state index contributed by atoms with van der Waals surface area (Å²) in [7, 11) is -22.4. The maximum Gasteiger partial charge on any atom is 0.490 e. The average molecular weight is 1380 g/mol. The molecule has 14 N–H and O–H groups in total. The smallest absolute Gasteiger partial charge is 0.478 e. The Morgan fingerprint density at radius 1 is 0.872 bits per heavy atom. The van der Waals surface area contributed by atoms with Crippen LogP contribution in [0.2, 0.25) is 0 Å². The summed E-state index contributed by atoms with van der Waals surface area (Å²) < 4.78 is 142. The molecule has 2 aliphatic heterocycles. The van der Waals surface area contributed by atoms with Gasteiger partial charge in [-0.25, -0.2) is 28.1 Å². The lowest BCUT2D eigenvalue weighted by Crippen LogP contribution is -2.36. The molecule has 3 aromatic rings. The number of nitrogens with zero attached hydrogens (tertiary/aromatic N) is 1. The fourth-order valence-corrected chi connectivity index (χ4v) is 15.4. The number of anilines is 1. The Hall–Kier alpha value is -5.11. The summed E-state index contributed by atoms with van der Waals surface area (Å²) in [5, 5.41) is 25.3. The van der Waals surface area contributed by atoms with Crippen LogP contribution in [0.5, 0.6) is 0 Å². The molecule has 33 nitrogen and oxygen atoms in total. The van der Waals surface area contributed by atoms with E-state index in [4.69, 9.17) is 44.1 Å². The number of phosphoric acid groups is 3. The fourth-order valence-electron chi connectivity index (χ4n) is 7.88. The van der Waals surface area contributed by atoms with Crippen molar-refractivity contribution in [3.05, 3.63) is 91.5 Å². The van der Waals surface area contributed by atoms with Crippen LogP contribution in [-0.2, 0) is 61.3 Å². The number of nitrogen functional groups attached to an aromatic ring is 1. The Kier molecular flexibility index (Phi) is 24.7. The number of H-pyrrole nitrogens is 1. The summed E-state index contributed by atoms with van der Waals surface area (Å²) in [5.41, 5.74) is 1.22. The molecule has 0 bridgehead atoms. The number of aromatic carboxylic acids is 1. The van der Waals surface area contributed by atoms with Gasteiger partial charge in [0, 0.05) is 65.9 Å². The lowest BCUT2D eigenvalue weighted by atomic mass is 9.89. The summed E-state index contributed by atoms with van der Waals surface area (Å²) in [6.07, 6.45) is -1.93. The number of phosphoric ester groups is 1. The first-order valence-corrected chi connectivity index (χ1v) is 36.7. The number of benzene rings is 3. The summed E-state index contributed by atoms with van der Waals surface area (Å²) in [6.45, 7) is 2.41.